The number of ether oxygens (including phenoxy) is 1. The first kappa shape index (κ1) is 17.8. The van der Waals surface area contributed by atoms with Crippen LogP contribution in [-0.2, 0) is 24.1 Å². The fourth-order valence-electron chi connectivity index (χ4n) is 3.15. The molecule has 1 saturated heterocycles. The minimum atomic E-state index is -4.41. The second-order valence-corrected chi connectivity index (χ2v) is 6.05. The number of H-pyrrole nitrogens is 1. The van der Waals surface area contributed by atoms with Crippen molar-refractivity contribution >= 4 is 0 Å². The van der Waals surface area contributed by atoms with E-state index in [0.717, 1.165) is 25.3 Å². The zero-order valence-corrected chi connectivity index (χ0v) is 13.9. The van der Waals surface area contributed by atoms with Gasteiger partial charge in [0.15, 0.2) is 11.6 Å². The van der Waals surface area contributed by atoms with E-state index in [1.54, 1.807) is 7.11 Å². The van der Waals surface area contributed by atoms with Gasteiger partial charge in [-0.05, 0) is 31.5 Å². The highest BCUT2D eigenvalue weighted by atomic mass is 19.4. The summed E-state index contributed by atoms with van der Waals surface area (Å²) in [4.78, 5) is 10.4. The quantitative estimate of drug-likeness (QED) is 0.893. The fraction of sp³-hybridized carbons (Fsp3) is 0.562. The van der Waals surface area contributed by atoms with E-state index in [1.165, 1.54) is 12.3 Å². The number of likely N-dealkylation sites (tertiary alicyclic amines) is 1. The predicted octanol–water partition coefficient (Wildman–Crippen LogP) is 3.09. The Morgan fingerprint density at radius 1 is 1.36 bits per heavy atom. The third-order valence-electron chi connectivity index (χ3n) is 4.29. The average Bonchev–Trinajstić information content (AvgIpc) is 3.04. The van der Waals surface area contributed by atoms with Gasteiger partial charge >= 0.3 is 6.18 Å². The number of nitrogens with zero attached hydrogens (tertiary/aromatic N) is 4. The van der Waals surface area contributed by atoms with Crippen LogP contribution in [0.3, 0.4) is 0 Å². The molecule has 1 N–H and O–H groups in total. The Bertz CT molecular complexity index is 703. The molecule has 1 atom stereocenters. The number of pyridine rings is 1. The van der Waals surface area contributed by atoms with Crippen LogP contribution in [0, 0.1) is 0 Å². The normalized spacial score (nSPS) is 19.3. The standard InChI is InChI=1S/C16H20F3N5O/c1-25-10-14-21-15(23-22-14)13-6-2-3-8-24(13)9-12-11(16(17,18)19)5-4-7-20-12/h4-5,7,13H,2-3,6,8-10H2,1H3,(H,21,22,23). The van der Waals surface area contributed by atoms with E-state index in [4.69, 9.17) is 4.74 Å². The molecule has 2 aromatic rings. The zero-order chi connectivity index (χ0) is 17.9. The minimum Gasteiger partial charge on any atom is -0.377 e. The van der Waals surface area contributed by atoms with E-state index in [2.05, 4.69) is 20.2 Å². The zero-order valence-electron chi connectivity index (χ0n) is 13.9. The van der Waals surface area contributed by atoms with Crippen LogP contribution in [0.15, 0.2) is 18.3 Å². The number of hydrogen-bond acceptors (Lipinski definition) is 5. The van der Waals surface area contributed by atoms with Crippen LogP contribution in [-0.4, -0.2) is 38.7 Å². The van der Waals surface area contributed by atoms with Gasteiger partial charge in [-0.2, -0.15) is 18.3 Å². The van der Waals surface area contributed by atoms with Crippen molar-refractivity contribution in [2.24, 2.45) is 0 Å². The molecular weight excluding hydrogens is 335 g/mol. The molecule has 0 spiro atoms. The Balaban J connectivity index is 1.82. The summed E-state index contributed by atoms with van der Waals surface area (Å²) >= 11 is 0. The molecule has 0 aromatic carbocycles. The lowest BCUT2D eigenvalue weighted by Crippen LogP contribution is -2.34. The minimum absolute atomic E-state index is 0.0366. The lowest BCUT2D eigenvalue weighted by Gasteiger charge is -2.34. The van der Waals surface area contributed by atoms with Crippen molar-refractivity contribution in [3.8, 4) is 0 Å². The number of methoxy groups -OCH3 is 1. The summed E-state index contributed by atoms with van der Waals surface area (Å²) in [7, 11) is 1.56. The molecule has 1 fully saturated rings. The molecule has 25 heavy (non-hydrogen) atoms. The Morgan fingerprint density at radius 3 is 2.96 bits per heavy atom. The summed E-state index contributed by atoms with van der Waals surface area (Å²) in [6, 6.07) is 2.26. The van der Waals surface area contributed by atoms with Gasteiger partial charge in [0.05, 0.1) is 17.3 Å². The van der Waals surface area contributed by atoms with Gasteiger partial charge in [0.2, 0.25) is 0 Å². The first-order valence-electron chi connectivity index (χ1n) is 8.14. The number of alkyl halides is 3. The summed E-state index contributed by atoms with van der Waals surface area (Å²) in [5.41, 5.74) is -0.649. The van der Waals surface area contributed by atoms with Crippen molar-refractivity contribution in [3.63, 3.8) is 0 Å². The predicted molar refractivity (Wildman–Crippen MR) is 83.3 cm³/mol. The van der Waals surface area contributed by atoms with Gasteiger partial charge < -0.3 is 4.74 Å². The molecule has 0 bridgehead atoms. The molecular formula is C16H20F3N5O. The van der Waals surface area contributed by atoms with E-state index in [1.807, 2.05) is 4.90 Å². The van der Waals surface area contributed by atoms with E-state index in [9.17, 15) is 13.2 Å². The highest BCUT2D eigenvalue weighted by molar-refractivity contribution is 5.23. The molecule has 0 radical (unpaired) electrons. The van der Waals surface area contributed by atoms with E-state index in [-0.39, 0.29) is 18.3 Å². The van der Waals surface area contributed by atoms with Crippen LogP contribution < -0.4 is 0 Å². The third-order valence-corrected chi connectivity index (χ3v) is 4.29. The molecule has 9 heteroatoms. The van der Waals surface area contributed by atoms with Crippen LogP contribution in [0.2, 0.25) is 0 Å². The van der Waals surface area contributed by atoms with E-state index in [0.29, 0.717) is 24.8 Å². The van der Waals surface area contributed by atoms with Gasteiger partial charge in [0.25, 0.3) is 0 Å². The number of aromatic amines is 1. The second-order valence-electron chi connectivity index (χ2n) is 6.05. The molecule has 0 aliphatic carbocycles. The van der Waals surface area contributed by atoms with Crippen LogP contribution in [0.5, 0.6) is 0 Å². The lowest BCUT2D eigenvalue weighted by molar-refractivity contribution is -0.138. The van der Waals surface area contributed by atoms with Crippen molar-refractivity contribution < 1.29 is 17.9 Å². The molecule has 2 aromatic heterocycles. The van der Waals surface area contributed by atoms with E-state index >= 15 is 0 Å². The largest absolute Gasteiger partial charge is 0.418 e. The van der Waals surface area contributed by atoms with Crippen LogP contribution in [0.25, 0.3) is 0 Å². The summed E-state index contributed by atoms with van der Waals surface area (Å²) in [6.45, 7) is 1.12. The first-order valence-corrected chi connectivity index (χ1v) is 8.14. The average molecular weight is 355 g/mol. The monoisotopic (exact) mass is 355 g/mol. The lowest BCUT2D eigenvalue weighted by atomic mass is 10.0. The molecule has 3 rings (SSSR count). The van der Waals surface area contributed by atoms with Gasteiger partial charge in [-0.25, -0.2) is 4.98 Å². The van der Waals surface area contributed by atoms with Gasteiger partial charge in [0.1, 0.15) is 6.61 Å². The maximum Gasteiger partial charge on any atom is 0.418 e. The third kappa shape index (κ3) is 4.16. The highest BCUT2D eigenvalue weighted by Crippen LogP contribution is 2.34. The Labute approximate surface area is 143 Å². The van der Waals surface area contributed by atoms with Crippen molar-refractivity contribution in [2.45, 2.75) is 44.6 Å². The Kier molecular flexibility index (Phi) is 5.33. The molecule has 1 aliphatic rings. The van der Waals surface area contributed by atoms with Gasteiger partial charge in [-0.15, -0.1) is 0 Å². The smallest absolute Gasteiger partial charge is 0.377 e. The Hall–Kier alpha value is -2.00. The molecule has 1 unspecified atom stereocenters. The summed E-state index contributed by atoms with van der Waals surface area (Å²) in [5, 5.41) is 7.04. The van der Waals surface area contributed by atoms with Crippen LogP contribution in [0.1, 0.15) is 48.2 Å². The molecule has 1 aliphatic heterocycles. The van der Waals surface area contributed by atoms with Crippen LogP contribution >= 0.6 is 0 Å². The van der Waals surface area contributed by atoms with Crippen molar-refractivity contribution in [1.29, 1.82) is 0 Å². The Morgan fingerprint density at radius 2 is 2.20 bits per heavy atom. The molecule has 136 valence electrons. The molecule has 0 amide bonds. The van der Waals surface area contributed by atoms with Crippen LogP contribution in [0.4, 0.5) is 13.2 Å². The van der Waals surface area contributed by atoms with Crippen molar-refractivity contribution in [1.82, 2.24) is 25.1 Å². The van der Waals surface area contributed by atoms with Crippen molar-refractivity contribution in [2.75, 3.05) is 13.7 Å². The number of nitrogens with one attached hydrogen (secondary N) is 1. The SMILES string of the molecule is COCc1nc(C2CCCCN2Cc2ncccc2C(F)(F)F)n[nH]1. The maximum absolute atomic E-state index is 13.2. The summed E-state index contributed by atoms with van der Waals surface area (Å²) < 4.78 is 44.6. The van der Waals surface area contributed by atoms with Crippen molar-refractivity contribution in [3.05, 3.63) is 41.2 Å². The molecule has 6 nitrogen and oxygen atoms in total. The molecule has 3 heterocycles. The first-order chi connectivity index (χ1) is 12.0. The van der Waals surface area contributed by atoms with Gasteiger partial charge in [0, 0.05) is 19.9 Å². The number of halogens is 3. The molecule has 0 saturated carbocycles. The highest BCUT2D eigenvalue weighted by Gasteiger charge is 2.35. The van der Waals surface area contributed by atoms with E-state index < -0.39 is 11.7 Å². The van der Waals surface area contributed by atoms with Gasteiger partial charge in [-0.1, -0.05) is 6.42 Å². The number of aromatic nitrogens is 4. The second kappa shape index (κ2) is 7.49. The fourth-order valence-corrected chi connectivity index (χ4v) is 3.15. The number of piperidine rings is 1. The maximum atomic E-state index is 13.2. The number of rotatable bonds is 5. The summed E-state index contributed by atoms with van der Waals surface area (Å²) in [5.74, 6) is 1.20. The number of hydrogen-bond donors (Lipinski definition) is 1. The topological polar surface area (TPSA) is 66.9 Å². The summed E-state index contributed by atoms with van der Waals surface area (Å²) in [6.07, 6.45) is -0.291. The van der Waals surface area contributed by atoms with Gasteiger partial charge in [-0.3, -0.25) is 15.0 Å².